The summed E-state index contributed by atoms with van der Waals surface area (Å²) in [6.45, 7) is 2.51. The van der Waals surface area contributed by atoms with Crippen LogP contribution >= 0.6 is 0 Å². The van der Waals surface area contributed by atoms with Gasteiger partial charge in [0.2, 0.25) is 17.7 Å². The van der Waals surface area contributed by atoms with Crippen LogP contribution in [-0.2, 0) is 17.0 Å². The zero-order valence-electron chi connectivity index (χ0n) is 14.8. The van der Waals surface area contributed by atoms with E-state index < -0.39 is 48.7 Å². The number of benzene rings is 1. The van der Waals surface area contributed by atoms with Crippen LogP contribution < -0.4 is 5.32 Å². The van der Waals surface area contributed by atoms with Crippen LogP contribution in [0.25, 0.3) is 0 Å². The first kappa shape index (κ1) is 21.6. The minimum Gasteiger partial charge on any atom is -0.354 e. The Morgan fingerprint density at radius 2 is 1.48 bits per heavy atom. The van der Waals surface area contributed by atoms with E-state index in [1.54, 1.807) is 0 Å². The van der Waals surface area contributed by atoms with Gasteiger partial charge in [0.1, 0.15) is 0 Å². The largest absolute Gasteiger partial charge is 0.354 e. The summed E-state index contributed by atoms with van der Waals surface area (Å²) in [4.78, 5) is 11.6. The van der Waals surface area contributed by atoms with Gasteiger partial charge in [0.15, 0.2) is 0 Å². The summed E-state index contributed by atoms with van der Waals surface area (Å²) >= 11 is 0. The normalized spacial score (nSPS) is 17.2. The van der Waals surface area contributed by atoms with Gasteiger partial charge in [-0.2, -0.15) is 0 Å². The molecule has 9 N–H and O–H groups in total. The minimum atomic E-state index is -3.27. The smallest absolute Gasteiger partial charge is 0.289 e. The van der Waals surface area contributed by atoms with Crippen molar-refractivity contribution < 1.29 is 45.6 Å². The lowest BCUT2D eigenvalue weighted by Crippen LogP contribution is -2.70. The number of hydrogen-bond donors (Lipinski definition) is 9. The summed E-state index contributed by atoms with van der Waals surface area (Å²) in [6, 6.07) is 3.97. The molecule has 1 heterocycles. The second-order valence-corrected chi connectivity index (χ2v) is 6.51. The lowest BCUT2D eigenvalue weighted by atomic mass is 9.95. The van der Waals surface area contributed by atoms with E-state index in [0.717, 1.165) is 0 Å². The highest BCUT2D eigenvalue weighted by molar-refractivity contribution is 6.04. The first-order valence-electron chi connectivity index (χ1n) is 8.24. The third-order valence-corrected chi connectivity index (χ3v) is 4.51. The molecule has 0 fully saturated rings. The van der Waals surface area contributed by atoms with Crippen LogP contribution in [0, 0.1) is 0 Å². The molecule has 0 aromatic heterocycles. The second-order valence-electron chi connectivity index (χ2n) is 6.51. The quantitative estimate of drug-likeness (QED) is 0.223. The predicted octanol–water partition coefficient (Wildman–Crippen LogP) is -2.64. The standard InChI is InChI=1S/C16H24N2O9/c1-3-13(20,21)18(14(22,23)4-2)15(24,25)8-9-6-5-7-10-11(9)16(26,27)12(19)17-10/h5-7,20-27H,3-4,8H2,1-2H3,(H,17,19). The molecule has 0 atom stereocenters. The third-order valence-electron chi connectivity index (χ3n) is 4.51. The van der Waals surface area contributed by atoms with Crippen LogP contribution in [0.1, 0.15) is 37.8 Å². The fraction of sp³-hybridized carbons (Fsp3) is 0.562. The average Bonchev–Trinajstić information content (AvgIpc) is 2.76. The molecule has 11 heteroatoms. The Kier molecular flexibility index (Phi) is 5.40. The van der Waals surface area contributed by atoms with Gasteiger partial charge in [-0.05, 0) is 11.6 Å². The maximum Gasteiger partial charge on any atom is 0.289 e. The van der Waals surface area contributed by atoms with Crippen molar-refractivity contribution >= 4 is 11.6 Å². The first-order chi connectivity index (χ1) is 12.2. The Labute approximate surface area is 154 Å². The fourth-order valence-corrected chi connectivity index (χ4v) is 3.10. The lowest BCUT2D eigenvalue weighted by molar-refractivity contribution is -0.475. The number of rotatable bonds is 7. The van der Waals surface area contributed by atoms with Crippen molar-refractivity contribution in [1.29, 1.82) is 0 Å². The molecular weight excluding hydrogens is 364 g/mol. The highest BCUT2D eigenvalue weighted by atomic mass is 16.6. The van der Waals surface area contributed by atoms with Gasteiger partial charge in [-0.1, -0.05) is 26.0 Å². The number of carbonyl (C=O) groups is 1. The van der Waals surface area contributed by atoms with Crippen molar-refractivity contribution in [1.82, 2.24) is 4.90 Å². The molecule has 0 saturated carbocycles. The number of nitrogens with zero attached hydrogens (tertiary/aromatic N) is 1. The van der Waals surface area contributed by atoms with E-state index in [1.165, 1.54) is 32.0 Å². The molecule has 11 nitrogen and oxygen atoms in total. The maximum atomic E-state index is 11.7. The molecule has 0 spiro atoms. The highest BCUT2D eigenvalue weighted by Crippen LogP contribution is 2.39. The number of fused-ring (bicyclic) bond motifs is 1. The molecule has 2 rings (SSSR count). The maximum absolute atomic E-state index is 11.7. The molecule has 0 bridgehead atoms. The first-order valence-corrected chi connectivity index (χ1v) is 8.24. The van der Waals surface area contributed by atoms with Gasteiger partial charge < -0.3 is 46.2 Å². The lowest BCUT2D eigenvalue weighted by Gasteiger charge is -2.48. The molecule has 1 amide bonds. The summed E-state index contributed by atoms with van der Waals surface area (Å²) in [7, 11) is 0. The third kappa shape index (κ3) is 3.69. The Morgan fingerprint density at radius 3 is 1.96 bits per heavy atom. The van der Waals surface area contributed by atoms with E-state index in [2.05, 4.69) is 5.32 Å². The molecule has 1 aromatic carbocycles. The Bertz CT molecular complexity index is 715. The number of anilines is 1. The second kappa shape index (κ2) is 6.74. The van der Waals surface area contributed by atoms with E-state index >= 15 is 0 Å². The fourth-order valence-electron chi connectivity index (χ4n) is 3.10. The Hall–Kier alpha value is -1.67. The predicted molar refractivity (Wildman–Crippen MR) is 88.8 cm³/mol. The van der Waals surface area contributed by atoms with Crippen molar-refractivity contribution in [3.05, 3.63) is 29.3 Å². The van der Waals surface area contributed by atoms with Gasteiger partial charge in [0.25, 0.3) is 11.7 Å². The van der Waals surface area contributed by atoms with Crippen molar-refractivity contribution in [3.8, 4) is 0 Å². The van der Waals surface area contributed by atoms with Gasteiger partial charge in [0.05, 0.1) is 5.69 Å². The van der Waals surface area contributed by atoms with Crippen molar-refractivity contribution in [2.75, 3.05) is 5.32 Å². The van der Waals surface area contributed by atoms with Crippen LogP contribution in [0.15, 0.2) is 18.2 Å². The van der Waals surface area contributed by atoms with Crippen LogP contribution in [0.3, 0.4) is 0 Å². The number of carbonyl (C=O) groups excluding carboxylic acids is 1. The summed E-state index contributed by atoms with van der Waals surface area (Å²) in [6.07, 6.45) is -2.00. The van der Waals surface area contributed by atoms with Crippen molar-refractivity contribution in [3.63, 3.8) is 0 Å². The topological polar surface area (TPSA) is 194 Å². The molecule has 0 radical (unpaired) electrons. The summed E-state index contributed by atoms with van der Waals surface area (Å²) in [5, 5.41) is 83.6. The zero-order valence-corrected chi connectivity index (χ0v) is 14.8. The van der Waals surface area contributed by atoms with Crippen LogP contribution in [0.5, 0.6) is 0 Å². The molecule has 1 aliphatic heterocycles. The molecule has 1 aromatic rings. The van der Waals surface area contributed by atoms with Gasteiger partial charge in [-0.15, -0.1) is 4.90 Å². The summed E-state index contributed by atoms with van der Waals surface area (Å²) in [5.74, 6) is -13.4. The number of amides is 1. The molecule has 0 saturated heterocycles. The molecule has 0 unspecified atom stereocenters. The number of aliphatic hydroxyl groups is 8. The Morgan fingerprint density at radius 1 is 0.963 bits per heavy atom. The van der Waals surface area contributed by atoms with Crippen molar-refractivity contribution in [2.45, 2.75) is 56.6 Å². The van der Waals surface area contributed by atoms with E-state index in [0.29, 0.717) is 0 Å². The van der Waals surface area contributed by atoms with Crippen LogP contribution in [-0.4, -0.2) is 69.4 Å². The summed E-state index contributed by atoms with van der Waals surface area (Å²) < 4.78 is 0. The minimum absolute atomic E-state index is 0.00866. The number of nitrogens with one attached hydrogen (secondary N) is 1. The van der Waals surface area contributed by atoms with E-state index in [9.17, 15) is 45.6 Å². The van der Waals surface area contributed by atoms with Gasteiger partial charge in [-0.25, -0.2) is 0 Å². The monoisotopic (exact) mass is 388 g/mol. The molecule has 27 heavy (non-hydrogen) atoms. The summed E-state index contributed by atoms with van der Waals surface area (Å²) in [5.41, 5.74) is -0.516. The Balaban J connectivity index is 2.53. The highest BCUT2D eigenvalue weighted by Gasteiger charge is 2.55. The van der Waals surface area contributed by atoms with E-state index in [4.69, 9.17) is 0 Å². The van der Waals surface area contributed by atoms with Gasteiger partial charge in [-0.3, -0.25) is 4.79 Å². The molecule has 1 aliphatic rings. The molecule has 152 valence electrons. The SMILES string of the molecule is CCC(O)(O)N(C(O)(O)CC)C(O)(O)Cc1cccc2c1C(O)(O)C(=O)N2. The molecular formula is C16H24N2O9. The average molecular weight is 388 g/mol. The molecule has 0 aliphatic carbocycles. The van der Waals surface area contributed by atoms with Crippen LogP contribution in [0.4, 0.5) is 5.69 Å². The van der Waals surface area contributed by atoms with E-state index in [1.807, 2.05) is 0 Å². The van der Waals surface area contributed by atoms with Crippen LogP contribution in [0.2, 0.25) is 0 Å². The number of hydrogen-bond acceptors (Lipinski definition) is 10. The van der Waals surface area contributed by atoms with E-state index in [-0.39, 0.29) is 21.7 Å². The van der Waals surface area contributed by atoms with Gasteiger partial charge in [0, 0.05) is 24.8 Å². The van der Waals surface area contributed by atoms with Crippen molar-refractivity contribution in [2.24, 2.45) is 0 Å². The van der Waals surface area contributed by atoms with Gasteiger partial charge >= 0.3 is 0 Å². The zero-order chi connectivity index (χ0) is 20.8.